The lowest BCUT2D eigenvalue weighted by Crippen LogP contribution is -2.13. The summed E-state index contributed by atoms with van der Waals surface area (Å²) in [6, 6.07) is 5.25. The average Bonchev–Trinajstić information content (AvgIpc) is 2.78. The predicted octanol–water partition coefficient (Wildman–Crippen LogP) is 5.40. The summed E-state index contributed by atoms with van der Waals surface area (Å²) in [6.07, 6.45) is -0.206. The minimum atomic E-state index is -2.89. The van der Waals surface area contributed by atoms with Crippen molar-refractivity contribution in [1.82, 2.24) is 15.0 Å². The van der Waals surface area contributed by atoms with Crippen molar-refractivity contribution in [3.63, 3.8) is 0 Å². The van der Waals surface area contributed by atoms with Gasteiger partial charge >= 0.3 is 0 Å². The Morgan fingerprint density at radius 3 is 2.62 bits per heavy atom. The minimum absolute atomic E-state index is 0.126. The van der Waals surface area contributed by atoms with Gasteiger partial charge in [-0.15, -0.1) is 0 Å². The van der Waals surface area contributed by atoms with Crippen molar-refractivity contribution in [1.29, 1.82) is 0 Å². The predicted molar refractivity (Wildman–Crippen MR) is 115 cm³/mol. The maximum absolute atomic E-state index is 14.7. The number of hydrogen-bond acceptors (Lipinski definition) is 6. The summed E-state index contributed by atoms with van der Waals surface area (Å²) in [5, 5.41) is 3.78. The first-order chi connectivity index (χ1) is 15.4. The third-order valence-corrected chi connectivity index (χ3v) is 5.38. The number of benzene rings is 1. The van der Waals surface area contributed by atoms with E-state index in [0.29, 0.717) is 48.2 Å². The molecule has 0 saturated carbocycles. The molecule has 4 rings (SSSR count). The third-order valence-electron chi connectivity index (χ3n) is 5.38. The van der Waals surface area contributed by atoms with Gasteiger partial charge in [0.2, 0.25) is 5.88 Å². The van der Waals surface area contributed by atoms with Gasteiger partial charge in [-0.2, -0.15) is 4.98 Å². The molecule has 1 aromatic carbocycles. The second-order valence-corrected chi connectivity index (χ2v) is 7.51. The normalized spacial score (nSPS) is 15.0. The molecule has 0 spiro atoms. The third kappa shape index (κ3) is 4.25. The highest BCUT2D eigenvalue weighted by Gasteiger charge is 2.22. The van der Waals surface area contributed by atoms with Gasteiger partial charge in [-0.1, -0.05) is 24.3 Å². The van der Waals surface area contributed by atoms with Crippen LogP contribution in [-0.2, 0) is 4.74 Å². The Morgan fingerprint density at radius 2 is 1.94 bits per heavy atom. The van der Waals surface area contributed by atoms with E-state index in [9.17, 15) is 13.2 Å². The van der Waals surface area contributed by atoms with Crippen molar-refractivity contribution < 1.29 is 22.6 Å². The van der Waals surface area contributed by atoms with Gasteiger partial charge in [-0.25, -0.2) is 23.1 Å². The zero-order chi connectivity index (χ0) is 22.8. The van der Waals surface area contributed by atoms with E-state index < -0.39 is 23.8 Å². The molecule has 3 heterocycles. The molecular weight excluding hydrogens is 421 g/mol. The molecule has 0 fully saturated rings. The number of pyridine rings is 1. The number of anilines is 1. The van der Waals surface area contributed by atoms with Crippen LogP contribution in [0.2, 0.25) is 0 Å². The van der Waals surface area contributed by atoms with Crippen molar-refractivity contribution in [2.45, 2.75) is 32.7 Å². The number of methoxy groups -OCH3 is 1. The lowest BCUT2D eigenvalue weighted by atomic mass is 10.0. The largest absolute Gasteiger partial charge is 0.481 e. The molecule has 3 aromatic rings. The Hall–Kier alpha value is -3.20. The van der Waals surface area contributed by atoms with Gasteiger partial charge in [0.25, 0.3) is 6.43 Å². The van der Waals surface area contributed by atoms with E-state index >= 15 is 0 Å². The Labute approximate surface area is 183 Å². The minimum Gasteiger partial charge on any atom is -0.481 e. The number of halogens is 3. The summed E-state index contributed by atoms with van der Waals surface area (Å²) in [4.78, 5) is 13.4. The highest BCUT2D eigenvalue weighted by atomic mass is 19.3. The van der Waals surface area contributed by atoms with Gasteiger partial charge < -0.3 is 14.8 Å². The van der Waals surface area contributed by atoms with Crippen LogP contribution in [0.1, 0.15) is 48.3 Å². The quantitative estimate of drug-likeness (QED) is 0.549. The number of nitrogens with one attached hydrogen (secondary N) is 1. The Kier molecular flexibility index (Phi) is 6.27. The van der Waals surface area contributed by atoms with Gasteiger partial charge in [0.05, 0.1) is 37.3 Å². The van der Waals surface area contributed by atoms with E-state index in [1.54, 1.807) is 21.0 Å². The van der Waals surface area contributed by atoms with Crippen LogP contribution < -0.4 is 10.1 Å². The Balaban J connectivity index is 1.79. The second kappa shape index (κ2) is 9.12. The molecule has 1 aliphatic heterocycles. The first-order valence-corrected chi connectivity index (χ1v) is 10.2. The summed E-state index contributed by atoms with van der Waals surface area (Å²) in [7, 11) is 1.55. The zero-order valence-corrected chi connectivity index (χ0v) is 18.0. The fourth-order valence-corrected chi connectivity index (χ4v) is 3.77. The summed E-state index contributed by atoms with van der Waals surface area (Å²) in [5.41, 5.74) is 1.76. The first kappa shape index (κ1) is 22.0. The maximum Gasteiger partial charge on any atom is 0.266 e. The van der Waals surface area contributed by atoms with E-state index in [1.807, 2.05) is 12.1 Å². The smallest absolute Gasteiger partial charge is 0.266 e. The number of alkyl halides is 2. The van der Waals surface area contributed by atoms with Crippen molar-refractivity contribution in [3.05, 3.63) is 58.7 Å². The molecule has 2 aromatic heterocycles. The van der Waals surface area contributed by atoms with Crippen molar-refractivity contribution >= 4 is 22.4 Å². The van der Waals surface area contributed by atoms with Crippen LogP contribution in [0.25, 0.3) is 16.6 Å². The molecular formula is C23H23F3N4O2. The SMILES string of the molecule is COc1nc2nc(C)nc(NC(C)c3cccc(C(F)F)c3F)c2cc1C1=CCOCC1. The summed E-state index contributed by atoms with van der Waals surface area (Å²) in [5.74, 6) is 0.413. The van der Waals surface area contributed by atoms with Crippen LogP contribution in [-0.4, -0.2) is 35.3 Å². The Bertz CT molecular complexity index is 1180. The second-order valence-electron chi connectivity index (χ2n) is 7.51. The molecule has 1 unspecified atom stereocenters. The number of nitrogens with zero attached hydrogens (tertiary/aromatic N) is 3. The molecule has 1 N–H and O–H groups in total. The number of rotatable bonds is 6. The monoisotopic (exact) mass is 444 g/mol. The molecule has 168 valence electrons. The van der Waals surface area contributed by atoms with Crippen LogP contribution >= 0.6 is 0 Å². The lowest BCUT2D eigenvalue weighted by molar-refractivity contribution is 0.146. The van der Waals surface area contributed by atoms with Crippen LogP contribution in [0.4, 0.5) is 19.0 Å². The number of aromatic nitrogens is 3. The molecule has 0 amide bonds. The van der Waals surface area contributed by atoms with Crippen LogP contribution in [0.5, 0.6) is 5.88 Å². The average molecular weight is 444 g/mol. The van der Waals surface area contributed by atoms with Crippen molar-refractivity contribution in [2.24, 2.45) is 0 Å². The molecule has 0 aliphatic carbocycles. The van der Waals surface area contributed by atoms with Gasteiger partial charge in [-0.05, 0) is 31.9 Å². The molecule has 32 heavy (non-hydrogen) atoms. The summed E-state index contributed by atoms with van der Waals surface area (Å²) < 4.78 is 51.8. The van der Waals surface area contributed by atoms with Crippen LogP contribution in [0, 0.1) is 12.7 Å². The fraction of sp³-hybridized carbons (Fsp3) is 0.348. The van der Waals surface area contributed by atoms with E-state index in [-0.39, 0.29) is 5.56 Å². The number of fused-ring (bicyclic) bond motifs is 1. The molecule has 0 radical (unpaired) electrons. The van der Waals surface area contributed by atoms with Gasteiger partial charge in [0, 0.05) is 11.1 Å². The van der Waals surface area contributed by atoms with Crippen molar-refractivity contribution in [3.8, 4) is 5.88 Å². The topological polar surface area (TPSA) is 69.2 Å². The standard InChI is InChI=1S/C23H23F3N4O2/c1-12(15-5-4-6-16(19(15)24)20(25)26)27-21-18-11-17(14-7-9-32-10-8-14)23(31-3)30-22(18)29-13(2)28-21/h4-7,11-12,20H,8-10H2,1-3H3,(H,27,28,29,30). The van der Waals surface area contributed by atoms with E-state index in [1.165, 1.54) is 12.1 Å². The van der Waals surface area contributed by atoms with Crippen molar-refractivity contribution in [2.75, 3.05) is 25.6 Å². The number of aryl methyl sites for hydroxylation is 1. The number of ether oxygens (including phenoxy) is 2. The maximum atomic E-state index is 14.7. The highest BCUT2D eigenvalue weighted by Crippen LogP contribution is 2.34. The van der Waals surface area contributed by atoms with E-state index in [0.717, 1.165) is 17.2 Å². The molecule has 1 aliphatic rings. The van der Waals surface area contributed by atoms with Gasteiger partial charge in [0.15, 0.2) is 5.65 Å². The van der Waals surface area contributed by atoms with Crippen LogP contribution in [0.15, 0.2) is 30.3 Å². The number of hydrogen-bond donors (Lipinski definition) is 1. The van der Waals surface area contributed by atoms with Gasteiger partial charge in [0.1, 0.15) is 17.5 Å². The summed E-state index contributed by atoms with van der Waals surface area (Å²) in [6.45, 7) is 4.51. The first-order valence-electron chi connectivity index (χ1n) is 10.2. The summed E-state index contributed by atoms with van der Waals surface area (Å²) >= 11 is 0. The molecule has 0 bridgehead atoms. The molecule has 9 heteroatoms. The lowest BCUT2D eigenvalue weighted by Gasteiger charge is -2.20. The Morgan fingerprint density at radius 1 is 1.16 bits per heavy atom. The van der Waals surface area contributed by atoms with Gasteiger partial charge in [-0.3, -0.25) is 0 Å². The van der Waals surface area contributed by atoms with Crippen LogP contribution in [0.3, 0.4) is 0 Å². The van der Waals surface area contributed by atoms with E-state index in [4.69, 9.17) is 9.47 Å². The molecule has 6 nitrogen and oxygen atoms in total. The highest BCUT2D eigenvalue weighted by molar-refractivity contribution is 5.90. The van der Waals surface area contributed by atoms with E-state index in [2.05, 4.69) is 20.3 Å². The fourth-order valence-electron chi connectivity index (χ4n) is 3.77. The zero-order valence-electron chi connectivity index (χ0n) is 18.0. The molecule has 1 atom stereocenters. The molecule has 0 saturated heterocycles.